The molecule has 0 saturated carbocycles. The van der Waals surface area contributed by atoms with Gasteiger partial charge in [0, 0.05) is 18.6 Å². The van der Waals surface area contributed by atoms with Gasteiger partial charge in [-0.05, 0) is 0 Å². The van der Waals surface area contributed by atoms with Crippen LogP contribution in [-0.2, 0) is 0 Å². The molecule has 1 unspecified atom stereocenters. The first-order valence-corrected chi connectivity index (χ1v) is 2.33. The molecule has 0 aromatic rings. The molecule has 2 radical (unpaired) electrons. The molecule has 7 heavy (non-hydrogen) atoms. The van der Waals surface area contributed by atoms with Gasteiger partial charge in [-0.2, -0.15) is 0 Å². The summed E-state index contributed by atoms with van der Waals surface area (Å²) in [6.45, 7) is 0. The summed E-state index contributed by atoms with van der Waals surface area (Å²) in [5.41, 5.74) is 0. The molecule has 0 amide bonds. The SMILES string of the molecule is [B]C1C=CCC=N1. The van der Waals surface area contributed by atoms with Gasteiger partial charge in [0.15, 0.2) is 0 Å². The van der Waals surface area contributed by atoms with Gasteiger partial charge in [-0.1, -0.05) is 12.2 Å². The number of rotatable bonds is 0. The van der Waals surface area contributed by atoms with Crippen LogP contribution in [0, 0.1) is 0 Å². The van der Waals surface area contributed by atoms with Crippen molar-refractivity contribution in [2.75, 3.05) is 0 Å². The molecule has 0 fully saturated rings. The fraction of sp³-hybridized carbons (Fsp3) is 0.400. The van der Waals surface area contributed by atoms with E-state index < -0.39 is 0 Å². The Balaban J connectivity index is 2.49. The van der Waals surface area contributed by atoms with Gasteiger partial charge in [-0.25, -0.2) is 0 Å². The van der Waals surface area contributed by atoms with Crippen LogP contribution in [0.3, 0.4) is 0 Å². The topological polar surface area (TPSA) is 12.4 Å². The number of allylic oxidation sites excluding steroid dienone is 1. The summed E-state index contributed by atoms with van der Waals surface area (Å²) in [5, 5.41) is 0. The van der Waals surface area contributed by atoms with Gasteiger partial charge in [0.1, 0.15) is 7.85 Å². The van der Waals surface area contributed by atoms with E-state index in [-0.39, 0.29) is 5.94 Å². The van der Waals surface area contributed by atoms with Gasteiger partial charge < -0.3 is 0 Å². The summed E-state index contributed by atoms with van der Waals surface area (Å²) < 4.78 is 0. The van der Waals surface area contributed by atoms with Crippen molar-refractivity contribution in [1.82, 2.24) is 0 Å². The summed E-state index contributed by atoms with van der Waals surface area (Å²) in [7, 11) is 5.35. The molecule has 0 saturated heterocycles. The van der Waals surface area contributed by atoms with E-state index in [1.807, 2.05) is 18.4 Å². The summed E-state index contributed by atoms with van der Waals surface area (Å²) >= 11 is 0. The molecule has 1 atom stereocenters. The number of nitrogens with zero attached hydrogens (tertiary/aromatic N) is 1. The molecule has 0 aromatic heterocycles. The highest BCUT2D eigenvalue weighted by atomic mass is 14.7. The molecule has 0 aromatic carbocycles. The van der Waals surface area contributed by atoms with E-state index in [1.165, 1.54) is 0 Å². The Morgan fingerprint density at radius 2 is 2.57 bits per heavy atom. The third kappa shape index (κ3) is 1.18. The molecule has 1 rings (SSSR count). The Morgan fingerprint density at radius 3 is 2.86 bits per heavy atom. The molecule has 1 aliphatic rings. The van der Waals surface area contributed by atoms with Crippen LogP contribution in [0.25, 0.3) is 0 Å². The predicted molar refractivity (Wildman–Crippen MR) is 31.8 cm³/mol. The minimum atomic E-state index is -0.0752. The highest BCUT2D eigenvalue weighted by Crippen LogP contribution is 1.94. The summed E-state index contributed by atoms with van der Waals surface area (Å²) in [6, 6.07) is 0. The third-order valence-corrected chi connectivity index (χ3v) is 0.852. The van der Waals surface area contributed by atoms with Gasteiger partial charge in [0.05, 0.1) is 0 Å². The van der Waals surface area contributed by atoms with Crippen molar-refractivity contribution in [3.63, 3.8) is 0 Å². The Labute approximate surface area is 44.6 Å². The zero-order chi connectivity index (χ0) is 5.11. The maximum Gasteiger partial charge on any atom is 0.108 e. The highest BCUT2D eigenvalue weighted by molar-refractivity contribution is 6.13. The second-order valence-corrected chi connectivity index (χ2v) is 1.49. The third-order valence-electron chi connectivity index (χ3n) is 0.852. The minimum Gasteiger partial charge on any atom is -0.300 e. The lowest BCUT2D eigenvalue weighted by molar-refractivity contribution is 1.10. The Kier molecular flexibility index (Phi) is 1.30. The molecule has 1 nitrogen and oxygen atoms in total. The van der Waals surface area contributed by atoms with Crippen LogP contribution in [-0.4, -0.2) is 20.0 Å². The van der Waals surface area contributed by atoms with Crippen molar-refractivity contribution in [3.05, 3.63) is 12.2 Å². The second kappa shape index (κ2) is 1.96. The normalized spacial score (nSPS) is 28.3. The first-order chi connectivity index (χ1) is 3.39. The van der Waals surface area contributed by atoms with Crippen molar-refractivity contribution >= 4 is 14.1 Å². The maximum absolute atomic E-state index is 5.35. The Morgan fingerprint density at radius 1 is 1.71 bits per heavy atom. The number of hydrogen-bond donors (Lipinski definition) is 0. The van der Waals surface area contributed by atoms with E-state index in [0.29, 0.717) is 0 Å². The molecule has 0 aliphatic carbocycles. The molecule has 0 N–H and O–H groups in total. The zero-order valence-electron chi connectivity index (χ0n) is 4.04. The van der Waals surface area contributed by atoms with E-state index in [1.54, 1.807) is 0 Å². The van der Waals surface area contributed by atoms with Crippen LogP contribution < -0.4 is 0 Å². The van der Waals surface area contributed by atoms with Crippen LogP contribution in [0.2, 0.25) is 0 Å². The van der Waals surface area contributed by atoms with E-state index >= 15 is 0 Å². The first-order valence-electron chi connectivity index (χ1n) is 2.33. The zero-order valence-corrected chi connectivity index (χ0v) is 4.04. The van der Waals surface area contributed by atoms with Gasteiger partial charge in [-0.3, -0.25) is 4.99 Å². The molecule has 0 bridgehead atoms. The van der Waals surface area contributed by atoms with Crippen LogP contribution in [0.5, 0.6) is 0 Å². The molecule has 34 valence electrons. The maximum atomic E-state index is 5.35. The fourth-order valence-corrected chi connectivity index (χ4v) is 0.511. The van der Waals surface area contributed by atoms with Crippen molar-refractivity contribution in [2.24, 2.45) is 4.99 Å². The van der Waals surface area contributed by atoms with E-state index in [4.69, 9.17) is 7.85 Å². The van der Waals surface area contributed by atoms with Gasteiger partial charge in [0.25, 0.3) is 0 Å². The average Bonchev–Trinajstić information content (AvgIpc) is 1.69. The molecule has 1 heterocycles. The van der Waals surface area contributed by atoms with E-state index in [9.17, 15) is 0 Å². The van der Waals surface area contributed by atoms with Gasteiger partial charge in [0.2, 0.25) is 0 Å². The van der Waals surface area contributed by atoms with Gasteiger partial charge >= 0.3 is 0 Å². The lowest BCUT2D eigenvalue weighted by Gasteiger charge is -2.00. The quantitative estimate of drug-likeness (QED) is 0.304. The van der Waals surface area contributed by atoms with Crippen molar-refractivity contribution < 1.29 is 0 Å². The highest BCUT2D eigenvalue weighted by Gasteiger charge is 1.90. The summed E-state index contributed by atoms with van der Waals surface area (Å²) in [4.78, 5) is 3.90. The van der Waals surface area contributed by atoms with Crippen molar-refractivity contribution in [3.8, 4) is 0 Å². The monoisotopic (exact) mass is 91.1 g/mol. The lowest BCUT2D eigenvalue weighted by Crippen LogP contribution is -2.01. The second-order valence-electron chi connectivity index (χ2n) is 1.49. The van der Waals surface area contributed by atoms with Gasteiger partial charge in [-0.15, -0.1) is 0 Å². The summed E-state index contributed by atoms with van der Waals surface area (Å²) in [5.74, 6) is -0.0752. The molecular weight excluding hydrogens is 84.9 g/mol. The minimum absolute atomic E-state index is 0.0752. The Hall–Kier alpha value is -0.525. The predicted octanol–water partition coefficient (Wildman–Crippen LogP) is 0.512. The first kappa shape index (κ1) is 4.63. The summed E-state index contributed by atoms with van der Waals surface area (Å²) in [6.07, 6.45) is 6.66. The molecule has 0 spiro atoms. The number of hydrogen-bond acceptors (Lipinski definition) is 1. The number of dihydropyridines is 1. The van der Waals surface area contributed by atoms with Crippen LogP contribution >= 0.6 is 0 Å². The van der Waals surface area contributed by atoms with E-state index in [2.05, 4.69) is 4.99 Å². The van der Waals surface area contributed by atoms with Crippen molar-refractivity contribution in [1.29, 1.82) is 0 Å². The van der Waals surface area contributed by atoms with Crippen LogP contribution in [0.15, 0.2) is 17.1 Å². The van der Waals surface area contributed by atoms with E-state index in [0.717, 1.165) is 6.42 Å². The van der Waals surface area contributed by atoms with Crippen molar-refractivity contribution in [2.45, 2.75) is 12.4 Å². The standard InChI is InChI=1S/C5H6BN/c6-5-3-1-2-4-7-5/h1,3-5H,2H2. The molecular formula is C5H6BN. The smallest absolute Gasteiger partial charge is 0.108 e. The fourth-order valence-electron chi connectivity index (χ4n) is 0.511. The molecule has 2 heteroatoms. The lowest BCUT2D eigenvalue weighted by atomic mass is 9.95. The number of aliphatic imine (C=N–C) groups is 1. The largest absolute Gasteiger partial charge is 0.300 e. The Bertz CT molecular complexity index is 94.6. The van der Waals surface area contributed by atoms with Crippen LogP contribution in [0.1, 0.15) is 6.42 Å². The molecule has 1 aliphatic heterocycles. The van der Waals surface area contributed by atoms with Crippen LogP contribution in [0.4, 0.5) is 0 Å². The average molecular weight is 90.9 g/mol.